The second kappa shape index (κ2) is 5.84. The maximum atomic E-state index is 5.89. The number of likely N-dealkylation sites (N-methyl/N-ethyl adjacent to an activating group) is 1. The number of halogens is 1. The molecular weight excluding hydrogens is 184 g/mol. The van der Waals surface area contributed by atoms with E-state index in [1.807, 2.05) is 0 Å². The molecule has 1 aliphatic carbocycles. The van der Waals surface area contributed by atoms with E-state index in [4.69, 9.17) is 11.6 Å². The monoisotopic (exact) mass is 204 g/mol. The van der Waals surface area contributed by atoms with E-state index >= 15 is 0 Å². The molecule has 0 saturated heterocycles. The summed E-state index contributed by atoms with van der Waals surface area (Å²) in [5, 5.41) is 3.59. The number of nitrogens with one attached hydrogen (secondary N) is 1. The predicted octanol–water partition coefficient (Wildman–Crippen LogP) is 1.55. The third-order valence-corrected chi connectivity index (χ3v) is 3.22. The van der Waals surface area contributed by atoms with Gasteiger partial charge in [0.2, 0.25) is 0 Å². The van der Waals surface area contributed by atoms with Gasteiger partial charge in [0.1, 0.15) is 0 Å². The zero-order chi connectivity index (χ0) is 9.68. The molecule has 1 aliphatic rings. The topological polar surface area (TPSA) is 15.3 Å². The Morgan fingerprint density at radius 2 is 2.15 bits per heavy atom. The van der Waals surface area contributed by atoms with Crippen LogP contribution in [-0.4, -0.2) is 44.0 Å². The molecule has 0 spiro atoms. The lowest BCUT2D eigenvalue weighted by Crippen LogP contribution is -2.37. The maximum Gasteiger partial charge on any atom is 0.0266 e. The molecule has 0 aromatic heterocycles. The molecule has 2 atom stereocenters. The van der Waals surface area contributed by atoms with Crippen LogP contribution in [0.25, 0.3) is 0 Å². The number of hydrogen-bond acceptors (Lipinski definition) is 2. The molecule has 1 rings (SSSR count). The zero-order valence-electron chi connectivity index (χ0n) is 8.72. The molecule has 0 radical (unpaired) electrons. The molecule has 0 aromatic carbocycles. The highest BCUT2D eigenvalue weighted by Gasteiger charge is 2.25. The number of hydrogen-bond donors (Lipinski definition) is 1. The van der Waals surface area contributed by atoms with Crippen LogP contribution in [0.5, 0.6) is 0 Å². The molecule has 0 aliphatic heterocycles. The molecule has 0 heterocycles. The van der Waals surface area contributed by atoms with Gasteiger partial charge in [0.05, 0.1) is 0 Å². The van der Waals surface area contributed by atoms with Crippen molar-refractivity contribution in [2.45, 2.75) is 25.3 Å². The smallest absolute Gasteiger partial charge is 0.0266 e. The summed E-state index contributed by atoms with van der Waals surface area (Å²) in [7, 11) is 4.21. The Morgan fingerprint density at radius 1 is 1.38 bits per heavy atom. The Labute approximate surface area is 86.6 Å². The first-order chi connectivity index (χ1) is 6.24. The fraction of sp³-hybridized carbons (Fsp3) is 1.00. The first kappa shape index (κ1) is 11.3. The molecule has 0 amide bonds. The summed E-state index contributed by atoms with van der Waals surface area (Å²) in [6.45, 7) is 2.20. The van der Waals surface area contributed by atoms with Crippen LogP contribution in [-0.2, 0) is 0 Å². The lowest BCUT2D eigenvalue weighted by Gasteiger charge is -2.20. The Bertz CT molecular complexity index is 139. The first-order valence-electron chi connectivity index (χ1n) is 5.18. The Morgan fingerprint density at radius 3 is 2.77 bits per heavy atom. The van der Waals surface area contributed by atoms with Gasteiger partial charge in [-0.05, 0) is 32.9 Å². The van der Waals surface area contributed by atoms with E-state index in [0.29, 0.717) is 12.0 Å². The molecule has 2 nitrogen and oxygen atoms in total. The zero-order valence-corrected chi connectivity index (χ0v) is 9.48. The molecule has 1 fully saturated rings. The average Bonchev–Trinajstić information content (AvgIpc) is 2.51. The van der Waals surface area contributed by atoms with E-state index in [0.717, 1.165) is 19.0 Å². The lowest BCUT2D eigenvalue weighted by atomic mass is 10.1. The summed E-state index contributed by atoms with van der Waals surface area (Å²) in [5.41, 5.74) is 0. The molecule has 2 unspecified atom stereocenters. The van der Waals surface area contributed by atoms with E-state index < -0.39 is 0 Å². The summed E-state index contributed by atoms with van der Waals surface area (Å²) < 4.78 is 0. The van der Waals surface area contributed by atoms with E-state index in [1.165, 1.54) is 19.3 Å². The van der Waals surface area contributed by atoms with Crippen LogP contribution in [0.3, 0.4) is 0 Å². The van der Waals surface area contributed by atoms with Crippen LogP contribution in [0.4, 0.5) is 0 Å². The van der Waals surface area contributed by atoms with Crippen LogP contribution in [0.15, 0.2) is 0 Å². The van der Waals surface area contributed by atoms with Gasteiger partial charge < -0.3 is 10.2 Å². The molecule has 0 bridgehead atoms. The fourth-order valence-corrected chi connectivity index (χ4v) is 2.33. The van der Waals surface area contributed by atoms with Crippen molar-refractivity contribution in [1.29, 1.82) is 0 Å². The van der Waals surface area contributed by atoms with E-state index in [-0.39, 0.29) is 0 Å². The lowest BCUT2D eigenvalue weighted by molar-refractivity contribution is 0.363. The third kappa shape index (κ3) is 3.84. The van der Waals surface area contributed by atoms with Crippen LogP contribution in [0.1, 0.15) is 19.3 Å². The average molecular weight is 205 g/mol. The van der Waals surface area contributed by atoms with Gasteiger partial charge in [0, 0.05) is 25.0 Å². The van der Waals surface area contributed by atoms with Crippen molar-refractivity contribution in [3.05, 3.63) is 0 Å². The maximum absolute atomic E-state index is 5.89. The van der Waals surface area contributed by atoms with Crippen molar-refractivity contribution in [2.75, 3.05) is 33.1 Å². The second-order valence-electron chi connectivity index (χ2n) is 4.21. The fourth-order valence-electron chi connectivity index (χ4n) is 1.96. The summed E-state index contributed by atoms with van der Waals surface area (Å²) in [6, 6.07) is 0.678. The van der Waals surface area contributed by atoms with Crippen LogP contribution in [0.2, 0.25) is 0 Å². The molecule has 13 heavy (non-hydrogen) atoms. The SMILES string of the molecule is CN(C)CCNC1CCCC1CCl. The Balaban J connectivity index is 2.13. The predicted molar refractivity (Wildman–Crippen MR) is 58.4 cm³/mol. The van der Waals surface area contributed by atoms with Gasteiger partial charge in [-0.1, -0.05) is 6.42 Å². The molecule has 1 N–H and O–H groups in total. The highest BCUT2D eigenvalue weighted by molar-refractivity contribution is 6.18. The highest BCUT2D eigenvalue weighted by atomic mass is 35.5. The van der Waals surface area contributed by atoms with Crippen LogP contribution < -0.4 is 5.32 Å². The standard InChI is InChI=1S/C10H21ClN2/c1-13(2)7-6-12-10-5-3-4-9(10)8-11/h9-10,12H,3-8H2,1-2H3. The van der Waals surface area contributed by atoms with Gasteiger partial charge in [-0.25, -0.2) is 0 Å². The molecule has 78 valence electrons. The first-order valence-corrected chi connectivity index (χ1v) is 5.71. The van der Waals surface area contributed by atoms with E-state index in [9.17, 15) is 0 Å². The number of nitrogens with zero attached hydrogens (tertiary/aromatic N) is 1. The van der Waals surface area contributed by atoms with Crippen LogP contribution in [0, 0.1) is 5.92 Å². The third-order valence-electron chi connectivity index (χ3n) is 2.82. The second-order valence-corrected chi connectivity index (χ2v) is 4.52. The van der Waals surface area contributed by atoms with Crippen molar-refractivity contribution in [1.82, 2.24) is 10.2 Å². The molecule has 3 heteroatoms. The van der Waals surface area contributed by atoms with Crippen LogP contribution >= 0.6 is 11.6 Å². The minimum atomic E-state index is 0.678. The van der Waals surface area contributed by atoms with E-state index in [1.54, 1.807) is 0 Å². The minimum Gasteiger partial charge on any atom is -0.312 e. The van der Waals surface area contributed by atoms with E-state index in [2.05, 4.69) is 24.3 Å². The van der Waals surface area contributed by atoms with Crippen molar-refractivity contribution in [3.63, 3.8) is 0 Å². The summed E-state index contributed by atoms with van der Waals surface area (Å²) in [6.07, 6.45) is 3.96. The van der Waals surface area contributed by atoms with Gasteiger partial charge in [-0.2, -0.15) is 0 Å². The van der Waals surface area contributed by atoms with Crippen molar-refractivity contribution >= 4 is 11.6 Å². The van der Waals surface area contributed by atoms with Gasteiger partial charge >= 0.3 is 0 Å². The van der Waals surface area contributed by atoms with Crippen molar-refractivity contribution in [3.8, 4) is 0 Å². The molecular formula is C10H21ClN2. The Kier molecular flexibility index (Phi) is 5.07. The summed E-state index contributed by atoms with van der Waals surface area (Å²) >= 11 is 5.89. The minimum absolute atomic E-state index is 0.678. The van der Waals surface area contributed by atoms with Gasteiger partial charge in [-0.3, -0.25) is 0 Å². The molecule has 1 saturated carbocycles. The summed E-state index contributed by atoms with van der Waals surface area (Å²) in [4.78, 5) is 2.21. The molecule has 0 aromatic rings. The van der Waals surface area contributed by atoms with Crippen molar-refractivity contribution < 1.29 is 0 Å². The van der Waals surface area contributed by atoms with Gasteiger partial charge in [-0.15, -0.1) is 11.6 Å². The van der Waals surface area contributed by atoms with Crippen molar-refractivity contribution in [2.24, 2.45) is 5.92 Å². The summed E-state index contributed by atoms with van der Waals surface area (Å²) in [5.74, 6) is 1.53. The largest absolute Gasteiger partial charge is 0.312 e. The normalized spacial score (nSPS) is 28.6. The Hall–Kier alpha value is 0.210. The van der Waals surface area contributed by atoms with Gasteiger partial charge in [0.25, 0.3) is 0 Å². The highest BCUT2D eigenvalue weighted by Crippen LogP contribution is 2.26. The quantitative estimate of drug-likeness (QED) is 0.684. The number of alkyl halides is 1. The van der Waals surface area contributed by atoms with Gasteiger partial charge in [0.15, 0.2) is 0 Å². The number of rotatable bonds is 5.